The molecule has 0 spiro atoms. The van der Waals surface area contributed by atoms with E-state index in [4.69, 9.17) is 12.2 Å². The van der Waals surface area contributed by atoms with Crippen molar-refractivity contribution in [1.29, 1.82) is 0 Å². The molecule has 0 radical (unpaired) electrons. The number of nitrogens with zero attached hydrogens (tertiary/aromatic N) is 2. The van der Waals surface area contributed by atoms with Crippen molar-refractivity contribution in [2.45, 2.75) is 56.7 Å². The highest BCUT2D eigenvalue weighted by Gasteiger charge is 2.28. The minimum absolute atomic E-state index is 0.548. The van der Waals surface area contributed by atoms with Crippen LogP contribution in [0, 0.1) is 4.77 Å². The fourth-order valence-corrected chi connectivity index (χ4v) is 3.99. The van der Waals surface area contributed by atoms with E-state index in [9.17, 15) is 0 Å². The van der Waals surface area contributed by atoms with Crippen molar-refractivity contribution >= 4 is 24.0 Å². The van der Waals surface area contributed by atoms with Crippen LogP contribution >= 0.6 is 24.0 Å². The predicted molar refractivity (Wildman–Crippen MR) is 76.2 cm³/mol. The first-order valence-electron chi connectivity index (χ1n) is 6.46. The van der Waals surface area contributed by atoms with Gasteiger partial charge in [0.25, 0.3) is 0 Å². The summed E-state index contributed by atoms with van der Waals surface area (Å²) in [5, 5.41) is 8.05. The lowest BCUT2D eigenvalue weighted by atomic mass is 9.94. The molecule has 1 aromatic rings. The molecule has 0 amide bonds. The van der Waals surface area contributed by atoms with Gasteiger partial charge in [0.1, 0.15) is 5.82 Å². The van der Waals surface area contributed by atoms with Crippen molar-refractivity contribution in [1.82, 2.24) is 14.8 Å². The zero-order valence-corrected chi connectivity index (χ0v) is 12.2. The summed E-state index contributed by atoms with van der Waals surface area (Å²) in [5.74, 6) is 1.14. The Morgan fingerprint density at radius 1 is 1.47 bits per heavy atom. The van der Waals surface area contributed by atoms with Gasteiger partial charge in [-0.2, -0.15) is 16.9 Å². The van der Waals surface area contributed by atoms with Crippen LogP contribution in [-0.4, -0.2) is 26.3 Å². The lowest BCUT2D eigenvalue weighted by Crippen LogP contribution is -2.26. The number of nitrogens with one attached hydrogen (secondary N) is 1. The molecular formula is C12H21N3S2. The van der Waals surface area contributed by atoms with Crippen LogP contribution in [0.2, 0.25) is 0 Å². The minimum atomic E-state index is 0.548. The van der Waals surface area contributed by atoms with Crippen LogP contribution in [0.4, 0.5) is 0 Å². The van der Waals surface area contributed by atoms with Crippen LogP contribution in [0.5, 0.6) is 0 Å². The number of H-pyrrole nitrogens is 1. The molecule has 1 heterocycles. The highest BCUT2D eigenvalue weighted by molar-refractivity contribution is 7.99. The van der Waals surface area contributed by atoms with Gasteiger partial charge in [-0.1, -0.05) is 19.8 Å². The van der Waals surface area contributed by atoms with Gasteiger partial charge in [0.05, 0.1) is 0 Å². The summed E-state index contributed by atoms with van der Waals surface area (Å²) in [4.78, 5) is 0. The minimum Gasteiger partial charge on any atom is -0.300 e. The van der Waals surface area contributed by atoms with Crippen LogP contribution in [0.3, 0.4) is 0 Å². The monoisotopic (exact) mass is 271 g/mol. The molecule has 0 aliphatic heterocycles. The zero-order valence-electron chi connectivity index (χ0n) is 10.6. The predicted octanol–water partition coefficient (Wildman–Crippen LogP) is 3.74. The Kier molecular flexibility index (Phi) is 4.68. The largest absolute Gasteiger partial charge is 0.300 e. The maximum atomic E-state index is 5.40. The quantitative estimate of drug-likeness (QED) is 0.847. The number of thioether (sulfide) groups is 1. The normalized spacial score (nSPS) is 25.1. The fourth-order valence-electron chi connectivity index (χ4n) is 2.73. The molecule has 1 aliphatic rings. The summed E-state index contributed by atoms with van der Waals surface area (Å²) >= 11 is 7.38. The molecule has 1 aliphatic carbocycles. The van der Waals surface area contributed by atoms with Crippen molar-refractivity contribution in [3.8, 4) is 0 Å². The second-order valence-electron chi connectivity index (χ2n) is 4.69. The number of aryl methyl sites for hydroxylation is 1. The Morgan fingerprint density at radius 2 is 2.24 bits per heavy atom. The topological polar surface area (TPSA) is 33.6 Å². The van der Waals surface area contributed by atoms with E-state index in [1.54, 1.807) is 0 Å². The number of rotatable bonds is 4. The molecule has 0 bridgehead atoms. The second-order valence-corrected chi connectivity index (χ2v) is 6.15. The van der Waals surface area contributed by atoms with Gasteiger partial charge in [0, 0.05) is 17.7 Å². The molecule has 3 nitrogen and oxygen atoms in total. The molecule has 2 rings (SSSR count). The molecule has 1 N–H and O–H groups in total. The summed E-state index contributed by atoms with van der Waals surface area (Å²) in [6, 6.07) is 0.548. The molecule has 1 aromatic heterocycles. The Hall–Kier alpha value is -0.290. The van der Waals surface area contributed by atoms with Crippen molar-refractivity contribution in [2.75, 3.05) is 6.26 Å². The molecule has 1 fully saturated rings. The number of hydrogen-bond acceptors (Lipinski definition) is 3. The van der Waals surface area contributed by atoms with Gasteiger partial charge in [-0.05, 0) is 37.7 Å². The van der Waals surface area contributed by atoms with E-state index >= 15 is 0 Å². The standard InChI is InChI=1S/C12H21N3S2/c1-3-6-11-13-14-12(16)15(11)9-7-4-5-8-10(9)17-2/h9-10H,3-8H2,1-2H3,(H,14,16). The molecular weight excluding hydrogens is 250 g/mol. The van der Waals surface area contributed by atoms with Crippen LogP contribution < -0.4 is 0 Å². The summed E-state index contributed by atoms with van der Waals surface area (Å²) in [6.07, 6.45) is 9.59. The van der Waals surface area contributed by atoms with E-state index in [2.05, 4.69) is 27.9 Å². The molecule has 0 aromatic carbocycles. The lowest BCUT2D eigenvalue weighted by Gasteiger charge is -2.31. The van der Waals surface area contributed by atoms with Crippen molar-refractivity contribution < 1.29 is 0 Å². The molecule has 1 saturated carbocycles. The maximum Gasteiger partial charge on any atom is 0.195 e. The summed E-state index contributed by atoms with van der Waals surface area (Å²) in [5.41, 5.74) is 0. The molecule has 5 heteroatoms. The van der Waals surface area contributed by atoms with Gasteiger partial charge in [-0.15, -0.1) is 0 Å². The molecule has 96 valence electrons. The van der Waals surface area contributed by atoms with E-state index in [0.717, 1.165) is 23.4 Å². The maximum absolute atomic E-state index is 5.40. The number of aromatic amines is 1. The Bertz CT molecular complexity index is 410. The molecule has 0 saturated heterocycles. The average molecular weight is 271 g/mol. The van der Waals surface area contributed by atoms with E-state index in [-0.39, 0.29) is 0 Å². The van der Waals surface area contributed by atoms with Crippen LogP contribution in [0.15, 0.2) is 0 Å². The number of aromatic nitrogens is 3. The first-order chi connectivity index (χ1) is 8.27. The van der Waals surface area contributed by atoms with E-state index < -0.39 is 0 Å². The molecule has 17 heavy (non-hydrogen) atoms. The summed E-state index contributed by atoms with van der Waals surface area (Å²) < 4.78 is 3.10. The van der Waals surface area contributed by atoms with E-state index in [1.807, 2.05) is 11.8 Å². The fraction of sp³-hybridized carbons (Fsp3) is 0.833. The van der Waals surface area contributed by atoms with E-state index in [0.29, 0.717) is 11.3 Å². The van der Waals surface area contributed by atoms with Crippen molar-refractivity contribution in [3.63, 3.8) is 0 Å². The van der Waals surface area contributed by atoms with Crippen LogP contribution in [0.25, 0.3) is 0 Å². The average Bonchev–Trinajstić information content (AvgIpc) is 2.71. The van der Waals surface area contributed by atoms with Gasteiger partial charge in [0.2, 0.25) is 0 Å². The highest BCUT2D eigenvalue weighted by Crippen LogP contribution is 2.36. The second kappa shape index (κ2) is 6.05. The van der Waals surface area contributed by atoms with Gasteiger partial charge in [-0.25, -0.2) is 0 Å². The first-order valence-corrected chi connectivity index (χ1v) is 8.16. The number of hydrogen-bond donors (Lipinski definition) is 1. The van der Waals surface area contributed by atoms with Gasteiger partial charge in [0.15, 0.2) is 4.77 Å². The zero-order chi connectivity index (χ0) is 12.3. The molecule has 2 unspecified atom stereocenters. The summed E-state index contributed by atoms with van der Waals surface area (Å²) in [6.45, 7) is 2.19. The highest BCUT2D eigenvalue weighted by atomic mass is 32.2. The Labute approximate surface area is 112 Å². The van der Waals surface area contributed by atoms with Gasteiger partial charge < -0.3 is 0 Å². The third kappa shape index (κ3) is 2.76. The van der Waals surface area contributed by atoms with Crippen LogP contribution in [0.1, 0.15) is 50.9 Å². The summed E-state index contributed by atoms with van der Waals surface area (Å²) in [7, 11) is 0. The van der Waals surface area contributed by atoms with E-state index in [1.165, 1.54) is 25.7 Å². The third-order valence-electron chi connectivity index (χ3n) is 3.55. The van der Waals surface area contributed by atoms with Gasteiger partial charge >= 0.3 is 0 Å². The molecule has 2 atom stereocenters. The Balaban J connectivity index is 2.30. The Morgan fingerprint density at radius 3 is 2.94 bits per heavy atom. The third-order valence-corrected chi connectivity index (χ3v) is 5.00. The van der Waals surface area contributed by atoms with Gasteiger partial charge in [-0.3, -0.25) is 9.67 Å². The smallest absolute Gasteiger partial charge is 0.195 e. The lowest BCUT2D eigenvalue weighted by molar-refractivity contribution is 0.353. The van der Waals surface area contributed by atoms with Crippen LogP contribution in [-0.2, 0) is 6.42 Å². The van der Waals surface area contributed by atoms with Crippen molar-refractivity contribution in [3.05, 3.63) is 10.6 Å². The van der Waals surface area contributed by atoms with Crippen molar-refractivity contribution in [2.24, 2.45) is 0 Å². The first kappa shape index (κ1) is 13.1. The SMILES string of the molecule is CCCc1n[nH]c(=S)n1C1CCCCC1SC.